The zero-order valence-corrected chi connectivity index (χ0v) is 10.6. The van der Waals surface area contributed by atoms with Gasteiger partial charge in [0, 0.05) is 6.54 Å². The Bertz CT molecular complexity index is 365. The van der Waals surface area contributed by atoms with E-state index in [0.717, 1.165) is 5.56 Å². The van der Waals surface area contributed by atoms with Gasteiger partial charge in [-0.2, -0.15) is 11.3 Å². The van der Waals surface area contributed by atoms with Gasteiger partial charge in [0.05, 0.1) is 17.5 Å². The molecule has 1 heterocycles. The minimum atomic E-state index is -0.821. The summed E-state index contributed by atoms with van der Waals surface area (Å²) in [4.78, 5) is 12.7. The predicted octanol–water partition coefficient (Wildman–Crippen LogP) is 1.48. The van der Waals surface area contributed by atoms with Crippen molar-refractivity contribution >= 4 is 34.5 Å². The number of carboxylic acids is 1. The molecule has 0 aliphatic carbocycles. The van der Waals surface area contributed by atoms with Crippen LogP contribution in [-0.4, -0.2) is 34.6 Å². The molecule has 3 N–H and O–H groups in total. The molecule has 0 aliphatic heterocycles. The molecule has 0 spiro atoms. The Labute approximate surface area is 104 Å². The number of hydrogen-bond donors (Lipinski definition) is 2. The Kier molecular flexibility index (Phi) is 4.85. The van der Waals surface area contributed by atoms with Crippen LogP contribution in [0.25, 0.3) is 0 Å². The molecule has 0 radical (unpaired) electrons. The van der Waals surface area contributed by atoms with Crippen molar-refractivity contribution in [2.75, 3.05) is 13.6 Å². The van der Waals surface area contributed by atoms with Gasteiger partial charge in [0.1, 0.15) is 0 Å². The molecule has 0 aliphatic rings. The van der Waals surface area contributed by atoms with Gasteiger partial charge in [-0.1, -0.05) is 12.2 Å². The number of carbonyl (C=O) groups is 1. The summed E-state index contributed by atoms with van der Waals surface area (Å²) in [5, 5.41) is 12.5. The molecule has 6 heteroatoms. The summed E-state index contributed by atoms with van der Waals surface area (Å²) >= 11 is 6.58. The quantitative estimate of drug-likeness (QED) is 0.757. The highest BCUT2D eigenvalue weighted by Gasteiger charge is 2.20. The van der Waals surface area contributed by atoms with E-state index in [1.807, 2.05) is 28.8 Å². The lowest BCUT2D eigenvalue weighted by molar-refractivity contribution is -0.137. The number of carboxylic acid groups (broad SMARTS) is 1. The Hall–Kier alpha value is -0.980. The molecule has 16 heavy (non-hydrogen) atoms. The largest absolute Gasteiger partial charge is 0.481 e. The first-order chi connectivity index (χ1) is 7.52. The third-order valence-corrected chi connectivity index (χ3v) is 3.17. The maximum absolute atomic E-state index is 10.5. The molecule has 1 rings (SSSR count). The van der Waals surface area contributed by atoms with Crippen LogP contribution in [0.15, 0.2) is 16.8 Å². The molecule has 0 fully saturated rings. The van der Waals surface area contributed by atoms with E-state index in [-0.39, 0.29) is 12.5 Å². The molecule has 1 atom stereocenters. The Morgan fingerprint density at radius 1 is 1.75 bits per heavy atom. The summed E-state index contributed by atoms with van der Waals surface area (Å²) in [7, 11) is 1.82. The number of likely N-dealkylation sites (N-methyl/N-ethyl adjacent to an activating group) is 1. The number of hydrogen-bond acceptors (Lipinski definition) is 4. The van der Waals surface area contributed by atoms with Crippen molar-refractivity contribution in [2.24, 2.45) is 5.73 Å². The zero-order chi connectivity index (χ0) is 12.1. The predicted molar refractivity (Wildman–Crippen MR) is 68.7 cm³/mol. The van der Waals surface area contributed by atoms with Gasteiger partial charge in [-0.05, 0) is 29.4 Å². The van der Waals surface area contributed by atoms with Gasteiger partial charge in [-0.25, -0.2) is 0 Å². The molecule has 1 aromatic heterocycles. The average molecular weight is 258 g/mol. The number of nitrogens with zero attached hydrogens (tertiary/aromatic N) is 1. The van der Waals surface area contributed by atoms with Crippen molar-refractivity contribution in [1.29, 1.82) is 0 Å². The van der Waals surface area contributed by atoms with Crippen molar-refractivity contribution < 1.29 is 9.90 Å². The van der Waals surface area contributed by atoms with Crippen molar-refractivity contribution in [3.05, 3.63) is 22.4 Å². The highest BCUT2D eigenvalue weighted by atomic mass is 32.1. The lowest BCUT2D eigenvalue weighted by atomic mass is 10.1. The van der Waals surface area contributed by atoms with E-state index in [4.69, 9.17) is 23.1 Å². The number of thiophene rings is 1. The summed E-state index contributed by atoms with van der Waals surface area (Å²) in [6.07, 6.45) is 0.0831. The maximum atomic E-state index is 10.5. The minimum Gasteiger partial charge on any atom is -0.481 e. The number of nitrogens with two attached hydrogens (primary N) is 1. The van der Waals surface area contributed by atoms with E-state index >= 15 is 0 Å². The zero-order valence-electron chi connectivity index (χ0n) is 8.92. The first-order valence-electron chi connectivity index (χ1n) is 4.76. The summed E-state index contributed by atoms with van der Waals surface area (Å²) in [6, 6.07) is 1.77. The van der Waals surface area contributed by atoms with Crippen LogP contribution in [0.3, 0.4) is 0 Å². The summed E-state index contributed by atoms with van der Waals surface area (Å²) in [5.74, 6) is -0.821. The van der Waals surface area contributed by atoms with Gasteiger partial charge >= 0.3 is 5.97 Å². The fourth-order valence-electron chi connectivity index (χ4n) is 1.47. The van der Waals surface area contributed by atoms with Crippen molar-refractivity contribution in [3.8, 4) is 0 Å². The van der Waals surface area contributed by atoms with Gasteiger partial charge in [0.25, 0.3) is 0 Å². The van der Waals surface area contributed by atoms with Crippen LogP contribution in [0.2, 0.25) is 0 Å². The van der Waals surface area contributed by atoms with Crippen LogP contribution in [-0.2, 0) is 4.79 Å². The molecule has 1 aromatic rings. The van der Waals surface area contributed by atoms with Gasteiger partial charge < -0.3 is 10.8 Å². The van der Waals surface area contributed by atoms with Gasteiger partial charge in [-0.15, -0.1) is 0 Å². The maximum Gasteiger partial charge on any atom is 0.304 e. The van der Waals surface area contributed by atoms with Gasteiger partial charge in [0.15, 0.2) is 0 Å². The van der Waals surface area contributed by atoms with Crippen LogP contribution in [0.4, 0.5) is 0 Å². The molecule has 4 nitrogen and oxygen atoms in total. The third kappa shape index (κ3) is 3.55. The number of aliphatic carboxylic acids is 1. The SMILES string of the molecule is CN(CCC(=O)O)C(C(N)=S)c1ccsc1. The highest BCUT2D eigenvalue weighted by Crippen LogP contribution is 2.22. The number of thiocarbonyl (C=S) groups is 1. The fourth-order valence-corrected chi connectivity index (χ4v) is 2.46. The second-order valence-corrected chi connectivity index (χ2v) is 4.74. The average Bonchev–Trinajstić information content (AvgIpc) is 2.67. The summed E-state index contributed by atoms with van der Waals surface area (Å²) in [6.45, 7) is 0.424. The monoisotopic (exact) mass is 258 g/mol. The molecule has 1 unspecified atom stereocenters. The lowest BCUT2D eigenvalue weighted by Crippen LogP contribution is -2.35. The van der Waals surface area contributed by atoms with Gasteiger partial charge in [-0.3, -0.25) is 9.69 Å². The highest BCUT2D eigenvalue weighted by molar-refractivity contribution is 7.80. The van der Waals surface area contributed by atoms with Crippen molar-refractivity contribution in [3.63, 3.8) is 0 Å². The molecule has 88 valence electrons. The standard InChI is InChI=1S/C10H14N2O2S2/c1-12(4-2-8(13)14)9(10(11)15)7-3-5-16-6-7/h3,5-6,9H,2,4H2,1H3,(H2,11,15)(H,13,14). The van der Waals surface area contributed by atoms with Crippen LogP contribution >= 0.6 is 23.6 Å². The van der Waals surface area contributed by atoms with E-state index in [1.54, 1.807) is 11.3 Å². The van der Waals surface area contributed by atoms with E-state index in [2.05, 4.69) is 0 Å². The fraction of sp³-hybridized carbons (Fsp3) is 0.400. The first-order valence-corrected chi connectivity index (χ1v) is 6.11. The lowest BCUT2D eigenvalue weighted by Gasteiger charge is -2.26. The number of rotatable bonds is 6. The summed E-state index contributed by atoms with van der Waals surface area (Å²) < 4.78 is 0. The molecular weight excluding hydrogens is 244 g/mol. The Morgan fingerprint density at radius 2 is 2.44 bits per heavy atom. The smallest absolute Gasteiger partial charge is 0.304 e. The van der Waals surface area contributed by atoms with E-state index < -0.39 is 5.97 Å². The first kappa shape index (κ1) is 13.1. The molecule has 0 saturated heterocycles. The molecule has 0 bridgehead atoms. The Morgan fingerprint density at radius 3 is 2.88 bits per heavy atom. The molecule has 0 saturated carbocycles. The normalized spacial score (nSPS) is 12.6. The van der Waals surface area contributed by atoms with Crippen LogP contribution < -0.4 is 5.73 Å². The molecule has 0 aromatic carbocycles. The second kappa shape index (κ2) is 5.93. The topological polar surface area (TPSA) is 66.6 Å². The van der Waals surface area contributed by atoms with E-state index in [0.29, 0.717) is 11.5 Å². The second-order valence-electron chi connectivity index (χ2n) is 3.49. The van der Waals surface area contributed by atoms with E-state index in [1.165, 1.54) is 0 Å². The summed E-state index contributed by atoms with van der Waals surface area (Å²) in [5.41, 5.74) is 6.70. The van der Waals surface area contributed by atoms with Gasteiger partial charge in [0.2, 0.25) is 0 Å². The molecular formula is C10H14N2O2S2. The minimum absolute atomic E-state index is 0.0831. The van der Waals surface area contributed by atoms with Crippen LogP contribution in [0, 0.1) is 0 Å². The van der Waals surface area contributed by atoms with Crippen molar-refractivity contribution in [1.82, 2.24) is 4.90 Å². The van der Waals surface area contributed by atoms with Crippen LogP contribution in [0.5, 0.6) is 0 Å². The van der Waals surface area contributed by atoms with E-state index in [9.17, 15) is 4.79 Å². The Balaban J connectivity index is 2.71. The molecule has 0 amide bonds. The van der Waals surface area contributed by atoms with Crippen molar-refractivity contribution in [2.45, 2.75) is 12.5 Å². The van der Waals surface area contributed by atoms with Crippen LogP contribution in [0.1, 0.15) is 18.0 Å². The third-order valence-electron chi connectivity index (χ3n) is 2.25.